The fraction of sp³-hybridized carbons (Fsp3) is 0.158. The second kappa shape index (κ2) is 7.36. The Balaban J connectivity index is 1.64. The van der Waals surface area contributed by atoms with E-state index in [-0.39, 0.29) is 29.7 Å². The van der Waals surface area contributed by atoms with Crippen LogP contribution in [-0.4, -0.2) is 40.2 Å². The number of nitrogens with one attached hydrogen (secondary N) is 1. The van der Waals surface area contributed by atoms with E-state index in [1.165, 1.54) is 24.3 Å². The Morgan fingerprint density at radius 1 is 1.00 bits per heavy atom. The van der Waals surface area contributed by atoms with E-state index in [0.717, 1.165) is 17.0 Å². The minimum atomic E-state index is -1.36. The highest BCUT2D eigenvalue weighted by atomic mass is 19.1. The Labute approximate surface area is 153 Å². The fourth-order valence-electron chi connectivity index (χ4n) is 2.83. The first-order chi connectivity index (χ1) is 12.9. The van der Waals surface area contributed by atoms with Gasteiger partial charge in [0.2, 0.25) is 5.91 Å². The third kappa shape index (κ3) is 3.69. The Bertz CT molecular complexity index is 891. The first-order valence-corrected chi connectivity index (χ1v) is 8.11. The molecule has 3 amide bonds. The number of carbonyl (C=O) groups is 4. The number of carboxylic acid groups (broad SMARTS) is 1. The van der Waals surface area contributed by atoms with E-state index < -0.39 is 35.5 Å². The van der Waals surface area contributed by atoms with Crippen LogP contribution in [0.5, 0.6) is 0 Å². The summed E-state index contributed by atoms with van der Waals surface area (Å²) >= 11 is 0. The molecule has 7 nitrogen and oxygen atoms in total. The van der Waals surface area contributed by atoms with Gasteiger partial charge in [-0.15, -0.1) is 0 Å². The van der Waals surface area contributed by atoms with E-state index >= 15 is 0 Å². The number of carbonyl (C=O) groups excluding carboxylic acids is 3. The summed E-state index contributed by atoms with van der Waals surface area (Å²) < 4.78 is 13.0. The molecule has 1 unspecified atom stereocenters. The lowest BCUT2D eigenvalue weighted by atomic mass is 10.1. The number of halogens is 1. The molecule has 2 N–H and O–H groups in total. The number of hydrogen-bond donors (Lipinski definition) is 2. The topological polar surface area (TPSA) is 104 Å². The number of imide groups is 1. The van der Waals surface area contributed by atoms with Gasteiger partial charge in [-0.1, -0.05) is 24.3 Å². The number of aliphatic carboxylic acids is 1. The van der Waals surface area contributed by atoms with E-state index in [0.29, 0.717) is 0 Å². The van der Waals surface area contributed by atoms with Crippen molar-refractivity contribution in [2.24, 2.45) is 0 Å². The molecule has 1 heterocycles. The predicted molar refractivity (Wildman–Crippen MR) is 91.3 cm³/mol. The van der Waals surface area contributed by atoms with Crippen molar-refractivity contribution in [3.8, 4) is 0 Å². The normalized spacial score (nSPS) is 14.0. The maximum absolute atomic E-state index is 13.0. The minimum Gasteiger partial charge on any atom is -0.479 e. The molecule has 0 radical (unpaired) electrons. The summed E-state index contributed by atoms with van der Waals surface area (Å²) in [6.07, 6.45) is -0.254. The molecule has 0 spiro atoms. The fourth-order valence-corrected chi connectivity index (χ4v) is 2.83. The number of benzene rings is 2. The molecule has 1 atom stereocenters. The predicted octanol–water partition coefficient (Wildman–Crippen LogP) is 1.75. The number of carboxylic acids is 1. The van der Waals surface area contributed by atoms with Gasteiger partial charge in [-0.05, 0) is 29.8 Å². The molecule has 0 aliphatic carbocycles. The largest absolute Gasteiger partial charge is 0.479 e. The zero-order valence-corrected chi connectivity index (χ0v) is 14.0. The van der Waals surface area contributed by atoms with Crippen molar-refractivity contribution in [2.45, 2.75) is 12.5 Å². The van der Waals surface area contributed by atoms with Crippen LogP contribution in [0.2, 0.25) is 0 Å². The van der Waals surface area contributed by atoms with Crippen molar-refractivity contribution in [3.63, 3.8) is 0 Å². The average Bonchev–Trinajstić information content (AvgIpc) is 2.90. The van der Waals surface area contributed by atoms with Crippen molar-refractivity contribution < 1.29 is 28.7 Å². The number of rotatable bonds is 6. The zero-order chi connectivity index (χ0) is 19.6. The van der Waals surface area contributed by atoms with Gasteiger partial charge >= 0.3 is 5.97 Å². The van der Waals surface area contributed by atoms with Crippen molar-refractivity contribution in [3.05, 3.63) is 71.0 Å². The molecule has 2 aromatic rings. The van der Waals surface area contributed by atoms with Crippen LogP contribution in [0.15, 0.2) is 48.5 Å². The Hall–Kier alpha value is -3.55. The molecular formula is C19H15FN2O5. The highest BCUT2D eigenvalue weighted by Crippen LogP contribution is 2.22. The summed E-state index contributed by atoms with van der Waals surface area (Å²) in [5, 5.41) is 11.6. The van der Waals surface area contributed by atoms with Crippen molar-refractivity contribution in [2.75, 3.05) is 6.54 Å². The molecule has 2 aromatic carbocycles. The van der Waals surface area contributed by atoms with Crippen LogP contribution in [0.3, 0.4) is 0 Å². The third-order valence-electron chi connectivity index (χ3n) is 4.20. The first-order valence-electron chi connectivity index (χ1n) is 8.11. The maximum atomic E-state index is 13.0. The Morgan fingerprint density at radius 2 is 1.56 bits per heavy atom. The lowest BCUT2D eigenvalue weighted by Crippen LogP contribution is -2.37. The molecule has 0 fully saturated rings. The second-order valence-corrected chi connectivity index (χ2v) is 5.95. The van der Waals surface area contributed by atoms with Gasteiger partial charge in [-0.3, -0.25) is 19.3 Å². The molecule has 0 aromatic heterocycles. The van der Waals surface area contributed by atoms with E-state index in [9.17, 15) is 28.7 Å². The van der Waals surface area contributed by atoms with Crippen LogP contribution in [0.4, 0.5) is 4.39 Å². The van der Waals surface area contributed by atoms with Gasteiger partial charge < -0.3 is 10.4 Å². The molecule has 1 aliphatic heterocycles. The summed E-state index contributed by atoms with van der Waals surface area (Å²) in [5.41, 5.74) is 0.758. The number of nitrogens with zero attached hydrogens (tertiary/aromatic N) is 1. The van der Waals surface area contributed by atoms with Crippen molar-refractivity contribution >= 4 is 23.7 Å². The molecule has 27 heavy (non-hydrogen) atoms. The summed E-state index contributed by atoms with van der Waals surface area (Å²) in [6.45, 7) is -0.173. The van der Waals surface area contributed by atoms with Gasteiger partial charge in [0.05, 0.1) is 11.1 Å². The van der Waals surface area contributed by atoms with Crippen LogP contribution in [0, 0.1) is 5.82 Å². The molecule has 3 rings (SSSR count). The van der Waals surface area contributed by atoms with Gasteiger partial charge in [0.25, 0.3) is 11.8 Å². The number of hydrogen-bond acceptors (Lipinski definition) is 4. The SMILES string of the molecule is O=C(CCN1C(=O)c2ccccc2C1=O)NC(C(=O)O)c1ccc(F)cc1. The van der Waals surface area contributed by atoms with Gasteiger partial charge in [0.15, 0.2) is 6.04 Å². The van der Waals surface area contributed by atoms with Crippen molar-refractivity contribution in [1.82, 2.24) is 10.2 Å². The maximum Gasteiger partial charge on any atom is 0.330 e. The molecular weight excluding hydrogens is 355 g/mol. The van der Waals surface area contributed by atoms with E-state index in [2.05, 4.69) is 5.32 Å². The molecule has 1 aliphatic rings. The van der Waals surface area contributed by atoms with Gasteiger partial charge in [-0.2, -0.15) is 0 Å². The summed E-state index contributed by atoms with van der Waals surface area (Å²) in [6, 6.07) is 9.69. The molecule has 138 valence electrons. The molecule has 0 saturated carbocycles. The Kier molecular flexibility index (Phi) is 4.98. The van der Waals surface area contributed by atoms with Crippen LogP contribution >= 0.6 is 0 Å². The van der Waals surface area contributed by atoms with Gasteiger partial charge in [0.1, 0.15) is 5.82 Å². The van der Waals surface area contributed by atoms with E-state index in [1.54, 1.807) is 12.1 Å². The van der Waals surface area contributed by atoms with E-state index in [1.807, 2.05) is 0 Å². The van der Waals surface area contributed by atoms with Crippen LogP contribution < -0.4 is 5.32 Å². The number of amides is 3. The highest BCUT2D eigenvalue weighted by molar-refractivity contribution is 6.21. The standard InChI is InChI=1S/C19H15FN2O5/c20-12-7-5-11(6-8-12)16(19(26)27)21-15(23)9-10-22-17(24)13-3-1-2-4-14(13)18(22)25/h1-8,16H,9-10H2,(H,21,23)(H,26,27). The van der Waals surface area contributed by atoms with Crippen LogP contribution in [0.1, 0.15) is 38.7 Å². The third-order valence-corrected chi connectivity index (χ3v) is 4.20. The lowest BCUT2D eigenvalue weighted by Gasteiger charge is -2.17. The van der Waals surface area contributed by atoms with Gasteiger partial charge in [-0.25, -0.2) is 9.18 Å². The zero-order valence-electron chi connectivity index (χ0n) is 14.0. The monoisotopic (exact) mass is 370 g/mol. The number of fused-ring (bicyclic) bond motifs is 1. The highest BCUT2D eigenvalue weighted by Gasteiger charge is 2.35. The Morgan fingerprint density at radius 3 is 2.07 bits per heavy atom. The minimum absolute atomic E-state index is 0.173. The smallest absolute Gasteiger partial charge is 0.330 e. The van der Waals surface area contributed by atoms with Crippen LogP contribution in [-0.2, 0) is 9.59 Å². The summed E-state index contributed by atoms with van der Waals surface area (Å²) in [7, 11) is 0. The molecule has 0 saturated heterocycles. The van der Waals surface area contributed by atoms with Crippen LogP contribution in [0.25, 0.3) is 0 Å². The summed E-state index contributed by atoms with van der Waals surface area (Å²) in [4.78, 5) is 49.0. The second-order valence-electron chi connectivity index (χ2n) is 5.95. The quantitative estimate of drug-likeness (QED) is 0.754. The molecule has 8 heteroatoms. The summed E-state index contributed by atoms with van der Waals surface area (Å²) in [5.74, 6) is -3.47. The lowest BCUT2D eigenvalue weighted by molar-refractivity contribution is -0.142. The first kappa shape index (κ1) is 18.2. The van der Waals surface area contributed by atoms with Gasteiger partial charge in [0, 0.05) is 13.0 Å². The average molecular weight is 370 g/mol. The van der Waals surface area contributed by atoms with Crippen molar-refractivity contribution in [1.29, 1.82) is 0 Å². The molecule has 0 bridgehead atoms. The van der Waals surface area contributed by atoms with E-state index in [4.69, 9.17) is 0 Å².